The smallest absolute Gasteiger partial charge is 0.240 e. The summed E-state index contributed by atoms with van der Waals surface area (Å²) in [5.41, 5.74) is 2.55. The molecule has 1 atom stereocenters. The number of rotatable bonds is 6. The zero-order chi connectivity index (χ0) is 18.7. The number of carbonyl (C=O) groups is 1. The molecule has 3 aromatic rings. The molecule has 1 amide bonds. The van der Waals surface area contributed by atoms with E-state index in [1.54, 1.807) is 19.9 Å². The van der Waals surface area contributed by atoms with Gasteiger partial charge >= 0.3 is 0 Å². The molecule has 0 spiro atoms. The summed E-state index contributed by atoms with van der Waals surface area (Å²) in [7, 11) is 0. The molecule has 3 rings (SSSR count). The molecule has 2 N–H and O–H groups in total. The third kappa shape index (κ3) is 4.75. The topological polar surface area (TPSA) is 92.9 Å². The molecule has 0 saturated heterocycles. The summed E-state index contributed by atoms with van der Waals surface area (Å²) in [5, 5.41) is 18.7. The Bertz CT molecular complexity index is 927. The SMILES string of the molecule is Cc1cc(NC(=O)C(C)Sc2nnc(Nc3ccc(C)c(Cl)c3)s2)on1. The van der Waals surface area contributed by atoms with Crippen LogP contribution in [0.25, 0.3) is 0 Å². The average molecular weight is 410 g/mol. The van der Waals surface area contributed by atoms with Crippen LogP contribution in [0, 0.1) is 13.8 Å². The van der Waals surface area contributed by atoms with Gasteiger partial charge in [0.2, 0.25) is 16.9 Å². The molecule has 2 aromatic heterocycles. The fraction of sp³-hybridized carbons (Fsp3) is 0.250. The number of halogens is 1. The second kappa shape index (κ2) is 8.07. The van der Waals surface area contributed by atoms with E-state index in [0.29, 0.717) is 26.1 Å². The summed E-state index contributed by atoms with van der Waals surface area (Å²) in [4.78, 5) is 12.2. The van der Waals surface area contributed by atoms with E-state index >= 15 is 0 Å². The molecule has 1 aromatic carbocycles. The molecule has 1 unspecified atom stereocenters. The molecule has 0 aliphatic heterocycles. The van der Waals surface area contributed by atoms with Crippen LogP contribution in [-0.4, -0.2) is 26.5 Å². The third-order valence-electron chi connectivity index (χ3n) is 3.35. The van der Waals surface area contributed by atoms with Crippen LogP contribution >= 0.6 is 34.7 Å². The highest BCUT2D eigenvalue weighted by Gasteiger charge is 2.18. The molecule has 0 aliphatic carbocycles. The van der Waals surface area contributed by atoms with Gasteiger partial charge in [0.05, 0.1) is 10.9 Å². The highest BCUT2D eigenvalue weighted by molar-refractivity contribution is 8.02. The van der Waals surface area contributed by atoms with E-state index in [1.807, 2.05) is 25.1 Å². The van der Waals surface area contributed by atoms with Crippen molar-refractivity contribution in [3.63, 3.8) is 0 Å². The largest absolute Gasteiger partial charge is 0.338 e. The average Bonchev–Trinajstić information content (AvgIpc) is 3.20. The van der Waals surface area contributed by atoms with Crippen LogP contribution in [0.15, 0.2) is 33.1 Å². The monoisotopic (exact) mass is 409 g/mol. The van der Waals surface area contributed by atoms with Crippen molar-refractivity contribution >= 4 is 57.3 Å². The van der Waals surface area contributed by atoms with Crippen molar-refractivity contribution in [3.8, 4) is 0 Å². The summed E-state index contributed by atoms with van der Waals surface area (Å²) in [6.45, 7) is 5.52. The molecule has 26 heavy (non-hydrogen) atoms. The first-order valence-corrected chi connectivity index (χ1v) is 9.75. The minimum absolute atomic E-state index is 0.193. The van der Waals surface area contributed by atoms with Gasteiger partial charge in [-0.25, -0.2) is 0 Å². The minimum atomic E-state index is -0.366. The molecule has 0 fully saturated rings. The number of aromatic nitrogens is 3. The van der Waals surface area contributed by atoms with Crippen LogP contribution in [0.4, 0.5) is 16.7 Å². The summed E-state index contributed by atoms with van der Waals surface area (Å²) in [6.07, 6.45) is 0. The number of carbonyl (C=O) groups excluding carboxylic acids is 1. The second-order valence-electron chi connectivity index (χ2n) is 5.54. The number of anilines is 3. The molecule has 0 saturated carbocycles. The van der Waals surface area contributed by atoms with E-state index < -0.39 is 0 Å². The molecule has 2 heterocycles. The fourth-order valence-corrected chi connectivity index (χ4v) is 4.05. The highest BCUT2D eigenvalue weighted by Crippen LogP contribution is 2.31. The number of aryl methyl sites for hydroxylation is 2. The first-order valence-electron chi connectivity index (χ1n) is 7.68. The van der Waals surface area contributed by atoms with Crippen molar-refractivity contribution in [2.45, 2.75) is 30.4 Å². The van der Waals surface area contributed by atoms with Gasteiger partial charge in [-0.05, 0) is 38.5 Å². The number of amides is 1. The quantitative estimate of drug-likeness (QED) is 0.572. The van der Waals surface area contributed by atoms with Crippen molar-refractivity contribution in [1.29, 1.82) is 0 Å². The Morgan fingerprint density at radius 1 is 1.31 bits per heavy atom. The van der Waals surface area contributed by atoms with Gasteiger partial charge < -0.3 is 9.84 Å². The summed E-state index contributed by atoms with van der Waals surface area (Å²) in [6, 6.07) is 7.35. The molecule has 0 aliphatic rings. The Morgan fingerprint density at radius 3 is 2.81 bits per heavy atom. The van der Waals surface area contributed by atoms with Gasteiger partial charge in [-0.1, -0.05) is 45.9 Å². The summed E-state index contributed by atoms with van der Waals surface area (Å²) in [5.74, 6) is 0.136. The van der Waals surface area contributed by atoms with E-state index in [1.165, 1.54) is 23.1 Å². The Balaban J connectivity index is 1.58. The van der Waals surface area contributed by atoms with Crippen molar-refractivity contribution in [1.82, 2.24) is 15.4 Å². The zero-order valence-corrected chi connectivity index (χ0v) is 16.6. The van der Waals surface area contributed by atoms with Gasteiger partial charge in [0.1, 0.15) is 0 Å². The summed E-state index contributed by atoms with van der Waals surface area (Å²) < 4.78 is 5.67. The molecular formula is C16H16ClN5O2S2. The number of hydrogen-bond acceptors (Lipinski definition) is 8. The van der Waals surface area contributed by atoms with E-state index in [0.717, 1.165) is 11.3 Å². The van der Waals surface area contributed by atoms with Gasteiger partial charge in [-0.15, -0.1) is 10.2 Å². The van der Waals surface area contributed by atoms with E-state index in [9.17, 15) is 4.79 Å². The Labute approximate surface area is 163 Å². The molecule has 0 radical (unpaired) electrons. The van der Waals surface area contributed by atoms with Crippen LogP contribution in [0.3, 0.4) is 0 Å². The van der Waals surface area contributed by atoms with Gasteiger partial charge in [0.15, 0.2) is 4.34 Å². The highest BCUT2D eigenvalue weighted by atomic mass is 35.5. The zero-order valence-electron chi connectivity index (χ0n) is 14.2. The normalized spacial score (nSPS) is 12.0. The lowest BCUT2D eigenvalue weighted by molar-refractivity contribution is -0.115. The van der Waals surface area contributed by atoms with E-state index in [-0.39, 0.29) is 11.2 Å². The van der Waals surface area contributed by atoms with Crippen LogP contribution in [0.1, 0.15) is 18.2 Å². The van der Waals surface area contributed by atoms with Crippen molar-refractivity contribution < 1.29 is 9.32 Å². The van der Waals surface area contributed by atoms with Gasteiger partial charge in [-0.3, -0.25) is 10.1 Å². The Kier molecular flexibility index (Phi) is 5.80. The number of thioether (sulfide) groups is 1. The Hall–Kier alpha value is -2.10. The third-order valence-corrected chi connectivity index (χ3v) is 5.78. The van der Waals surface area contributed by atoms with Crippen molar-refractivity contribution in [2.24, 2.45) is 0 Å². The van der Waals surface area contributed by atoms with E-state index in [4.69, 9.17) is 16.1 Å². The molecule has 7 nitrogen and oxygen atoms in total. The van der Waals surface area contributed by atoms with Crippen molar-refractivity contribution in [3.05, 3.63) is 40.5 Å². The second-order valence-corrected chi connectivity index (χ2v) is 8.52. The fourth-order valence-electron chi connectivity index (χ4n) is 1.95. The Morgan fingerprint density at radius 2 is 2.12 bits per heavy atom. The van der Waals surface area contributed by atoms with Crippen LogP contribution in [0.5, 0.6) is 0 Å². The number of hydrogen-bond donors (Lipinski definition) is 2. The maximum atomic E-state index is 12.2. The predicted octanol–water partition coefficient (Wildman–Crippen LogP) is 4.66. The van der Waals surface area contributed by atoms with Crippen LogP contribution in [0.2, 0.25) is 5.02 Å². The summed E-state index contributed by atoms with van der Waals surface area (Å²) >= 11 is 8.81. The number of benzene rings is 1. The van der Waals surface area contributed by atoms with Gasteiger partial charge in [-0.2, -0.15) is 0 Å². The predicted molar refractivity (Wildman–Crippen MR) is 105 cm³/mol. The number of nitrogens with zero attached hydrogens (tertiary/aromatic N) is 3. The lowest BCUT2D eigenvalue weighted by atomic mass is 10.2. The molecule has 136 valence electrons. The first kappa shape index (κ1) is 18.7. The standard InChI is InChI=1S/C16H16ClN5O2S2/c1-8-4-5-11(7-12(8)17)18-15-20-21-16(26-15)25-10(3)14(23)19-13-6-9(2)22-24-13/h4-7,10H,1-3H3,(H,18,20)(H,19,23). The lowest BCUT2D eigenvalue weighted by Gasteiger charge is -2.07. The van der Waals surface area contributed by atoms with Crippen molar-refractivity contribution in [2.75, 3.05) is 10.6 Å². The molecular weight excluding hydrogens is 394 g/mol. The molecule has 10 heteroatoms. The van der Waals surface area contributed by atoms with Gasteiger partial charge in [0.25, 0.3) is 0 Å². The molecule has 0 bridgehead atoms. The van der Waals surface area contributed by atoms with Crippen LogP contribution in [-0.2, 0) is 4.79 Å². The van der Waals surface area contributed by atoms with Crippen LogP contribution < -0.4 is 10.6 Å². The first-order chi connectivity index (χ1) is 12.4. The maximum absolute atomic E-state index is 12.2. The number of nitrogens with one attached hydrogen (secondary N) is 2. The maximum Gasteiger partial charge on any atom is 0.240 e. The minimum Gasteiger partial charge on any atom is -0.338 e. The van der Waals surface area contributed by atoms with E-state index in [2.05, 4.69) is 26.0 Å². The lowest BCUT2D eigenvalue weighted by Crippen LogP contribution is -2.22. The van der Waals surface area contributed by atoms with Gasteiger partial charge in [0, 0.05) is 16.8 Å².